The van der Waals surface area contributed by atoms with E-state index in [1.165, 1.54) is 12.8 Å². The quantitative estimate of drug-likeness (QED) is 0.419. The van der Waals surface area contributed by atoms with Gasteiger partial charge in [0.15, 0.2) is 0 Å². The second-order valence-corrected chi connectivity index (χ2v) is 2.48. The van der Waals surface area contributed by atoms with Gasteiger partial charge in [0.25, 0.3) is 0 Å². The van der Waals surface area contributed by atoms with Crippen LogP contribution in [0.3, 0.4) is 0 Å². The highest BCUT2D eigenvalue weighted by Crippen LogP contribution is 2.01. The highest BCUT2D eigenvalue weighted by Gasteiger charge is 1.78. The lowest BCUT2D eigenvalue weighted by molar-refractivity contribution is 0.815. The van der Waals surface area contributed by atoms with Crippen LogP contribution in [-0.4, -0.2) is 0 Å². The van der Waals surface area contributed by atoms with Crippen molar-refractivity contribution < 1.29 is 0 Å². The van der Waals surface area contributed by atoms with Crippen molar-refractivity contribution in [2.24, 2.45) is 0 Å². The van der Waals surface area contributed by atoms with Crippen molar-refractivity contribution in [2.75, 3.05) is 0 Å². The Morgan fingerprint density at radius 1 is 1.67 bits per heavy atom. The maximum Gasteiger partial charge on any atom is 0.0331 e. The SMILES string of the molecule is C=C(Cl)/C=C/CCCC. The van der Waals surface area contributed by atoms with Gasteiger partial charge in [-0.05, 0) is 12.5 Å². The van der Waals surface area contributed by atoms with Gasteiger partial charge in [-0.2, -0.15) is 0 Å². The molecule has 0 spiro atoms. The smallest absolute Gasteiger partial charge is 0.0331 e. The summed E-state index contributed by atoms with van der Waals surface area (Å²) in [6, 6.07) is 0. The number of halogens is 1. The molecule has 9 heavy (non-hydrogen) atoms. The van der Waals surface area contributed by atoms with E-state index in [4.69, 9.17) is 11.6 Å². The van der Waals surface area contributed by atoms with Crippen LogP contribution in [0.2, 0.25) is 0 Å². The summed E-state index contributed by atoms with van der Waals surface area (Å²) in [6.07, 6.45) is 7.48. The molecule has 0 aliphatic carbocycles. The Balaban J connectivity index is 3.15. The number of unbranched alkanes of at least 4 members (excludes halogenated alkanes) is 2. The first-order valence-electron chi connectivity index (χ1n) is 3.28. The van der Waals surface area contributed by atoms with E-state index in [1.807, 2.05) is 6.08 Å². The lowest BCUT2D eigenvalue weighted by Gasteiger charge is -1.86. The molecule has 0 saturated heterocycles. The average Bonchev–Trinajstić information content (AvgIpc) is 1.80. The average molecular weight is 145 g/mol. The molecule has 0 N–H and O–H groups in total. The molecule has 0 amide bonds. The first-order valence-corrected chi connectivity index (χ1v) is 3.66. The molecule has 0 aromatic rings. The summed E-state index contributed by atoms with van der Waals surface area (Å²) < 4.78 is 0. The van der Waals surface area contributed by atoms with Gasteiger partial charge in [0.2, 0.25) is 0 Å². The maximum absolute atomic E-state index is 5.48. The third-order valence-corrected chi connectivity index (χ3v) is 1.15. The van der Waals surface area contributed by atoms with Crippen LogP contribution in [0.5, 0.6) is 0 Å². The first-order chi connectivity index (χ1) is 4.27. The Kier molecular flexibility index (Phi) is 5.75. The van der Waals surface area contributed by atoms with Gasteiger partial charge in [0.05, 0.1) is 0 Å². The van der Waals surface area contributed by atoms with Crippen molar-refractivity contribution in [1.82, 2.24) is 0 Å². The third kappa shape index (κ3) is 7.77. The van der Waals surface area contributed by atoms with Gasteiger partial charge in [-0.3, -0.25) is 0 Å². The molecule has 52 valence electrons. The van der Waals surface area contributed by atoms with Crippen molar-refractivity contribution >= 4 is 11.6 Å². The van der Waals surface area contributed by atoms with Crippen molar-refractivity contribution in [3.63, 3.8) is 0 Å². The zero-order valence-corrected chi connectivity index (χ0v) is 6.62. The molecule has 0 aliphatic heterocycles. The molecule has 0 nitrogen and oxygen atoms in total. The largest absolute Gasteiger partial charge is 0.0850 e. The normalized spacial score (nSPS) is 10.4. The van der Waals surface area contributed by atoms with Crippen LogP contribution in [0.4, 0.5) is 0 Å². The van der Waals surface area contributed by atoms with Crippen LogP contribution in [-0.2, 0) is 0 Å². The summed E-state index contributed by atoms with van der Waals surface area (Å²) >= 11 is 5.48. The van der Waals surface area contributed by atoms with E-state index in [0.717, 1.165) is 6.42 Å². The van der Waals surface area contributed by atoms with E-state index in [1.54, 1.807) is 0 Å². The van der Waals surface area contributed by atoms with Gasteiger partial charge in [0, 0.05) is 5.03 Å². The van der Waals surface area contributed by atoms with Crippen LogP contribution >= 0.6 is 11.6 Å². The minimum atomic E-state index is 0.617. The summed E-state index contributed by atoms with van der Waals surface area (Å²) in [5.74, 6) is 0. The summed E-state index contributed by atoms with van der Waals surface area (Å²) in [5.41, 5.74) is 0. The molecule has 0 aromatic carbocycles. The van der Waals surface area contributed by atoms with Crippen molar-refractivity contribution in [3.8, 4) is 0 Å². The Bertz CT molecular complexity index is 103. The lowest BCUT2D eigenvalue weighted by Crippen LogP contribution is -1.65. The van der Waals surface area contributed by atoms with Crippen LogP contribution in [0, 0.1) is 0 Å². The topological polar surface area (TPSA) is 0 Å². The Morgan fingerprint density at radius 3 is 2.78 bits per heavy atom. The van der Waals surface area contributed by atoms with Gasteiger partial charge in [-0.15, -0.1) is 0 Å². The molecular weight excluding hydrogens is 132 g/mol. The summed E-state index contributed by atoms with van der Waals surface area (Å²) in [4.78, 5) is 0. The third-order valence-electron chi connectivity index (χ3n) is 1.02. The summed E-state index contributed by atoms with van der Waals surface area (Å²) in [5, 5.41) is 0.617. The number of allylic oxidation sites excluding steroid dienone is 3. The number of rotatable bonds is 4. The first kappa shape index (κ1) is 8.77. The summed E-state index contributed by atoms with van der Waals surface area (Å²) in [7, 11) is 0. The molecule has 0 unspecified atom stereocenters. The van der Waals surface area contributed by atoms with Crippen molar-refractivity contribution in [3.05, 3.63) is 23.8 Å². The predicted molar refractivity (Wildman–Crippen MR) is 43.7 cm³/mol. The number of hydrogen-bond donors (Lipinski definition) is 0. The highest BCUT2D eigenvalue weighted by atomic mass is 35.5. The van der Waals surface area contributed by atoms with E-state index in [0.29, 0.717) is 5.03 Å². The molecule has 0 saturated carbocycles. The second kappa shape index (κ2) is 5.90. The van der Waals surface area contributed by atoms with Gasteiger partial charge < -0.3 is 0 Å². The fourth-order valence-corrected chi connectivity index (χ4v) is 0.622. The van der Waals surface area contributed by atoms with E-state index in [-0.39, 0.29) is 0 Å². The Morgan fingerprint density at radius 2 is 2.33 bits per heavy atom. The predicted octanol–water partition coefficient (Wildman–Crippen LogP) is 3.49. The maximum atomic E-state index is 5.48. The molecule has 0 aliphatic rings. The zero-order valence-electron chi connectivity index (χ0n) is 5.86. The molecule has 0 fully saturated rings. The Hall–Kier alpha value is -0.230. The Labute approximate surface area is 62.2 Å². The summed E-state index contributed by atoms with van der Waals surface area (Å²) in [6.45, 7) is 5.70. The van der Waals surface area contributed by atoms with Crippen LogP contribution in [0.15, 0.2) is 23.8 Å². The van der Waals surface area contributed by atoms with Gasteiger partial charge in [-0.25, -0.2) is 0 Å². The van der Waals surface area contributed by atoms with Gasteiger partial charge in [-0.1, -0.05) is 44.0 Å². The molecule has 0 radical (unpaired) electrons. The highest BCUT2D eigenvalue weighted by molar-refractivity contribution is 6.30. The van der Waals surface area contributed by atoms with Crippen molar-refractivity contribution in [1.29, 1.82) is 0 Å². The molecular formula is C8H13Cl. The van der Waals surface area contributed by atoms with Gasteiger partial charge in [0.1, 0.15) is 0 Å². The van der Waals surface area contributed by atoms with E-state index < -0.39 is 0 Å². The monoisotopic (exact) mass is 144 g/mol. The van der Waals surface area contributed by atoms with Crippen LogP contribution in [0.25, 0.3) is 0 Å². The van der Waals surface area contributed by atoms with E-state index in [2.05, 4.69) is 19.6 Å². The van der Waals surface area contributed by atoms with E-state index >= 15 is 0 Å². The van der Waals surface area contributed by atoms with Crippen LogP contribution in [0.1, 0.15) is 26.2 Å². The number of hydrogen-bond acceptors (Lipinski definition) is 0. The molecule has 0 aromatic heterocycles. The second-order valence-electron chi connectivity index (χ2n) is 1.99. The fourth-order valence-electron chi connectivity index (χ4n) is 0.533. The minimum absolute atomic E-state index is 0.617. The van der Waals surface area contributed by atoms with Crippen molar-refractivity contribution in [2.45, 2.75) is 26.2 Å². The fraction of sp³-hybridized carbons (Fsp3) is 0.500. The molecule has 0 bridgehead atoms. The van der Waals surface area contributed by atoms with E-state index in [9.17, 15) is 0 Å². The van der Waals surface area contributed by atoms with Crippen LogP contribution < -0.4 is 0 Å². The molecule has 0 atom stereocenters. The molecule has 0 heterocycles. The zero-order chi connectivity index (χ0) is 7.11. The standard InChI is InChI=1S/C8H13Cl/c1-3-4-5-6-7-8(2)9/h6-7H,2-5H2,1H3/b7-6+. The molecule has 0 rings (SSSR count). The molecule has 1 heteroatoms. The minimum Gasteiger partial charge on any atom is -0.0850 e. The lowest BCUT2D eigenvalue weighted by atomic mass is 10.2. The van der Waals surface area contributed by atoms with Gasteiger partial charge >= 0.3 is 0 Å².